The van der Waals surface area contributed by atoms with Crippen molar-refractivity contribution in [3.05, 3.63) is 0 Å². The van der Waals surface area contributed by atoms with Gasteiger partial charge in [0.15, 0.2) is 5.96 Å². The number of carboxylic acid groups (broad SMARTS) is 1. The van der Waals surface area contributed by atoms with E-state index in [0.717, 1.165) is 0 Å². The molecule has 6 N–H and O–H groups in total. The van der Waals surface area contributed by atoms with Gasteiger partial charge in [-0.15, -0.1) is 0 Å². The van der Waals surface area contributed by atoms with Crippen LogP contribution in [0.15, 0.2) is 4.99 Å². The molecule has 0 bridgehead atoms. The Kier molecular flexibility index (Phi) is 5.14. The van der Waals surface area contributed by atoms with Gasteiger partial charge in [-0.3, -0.25) is 15.0 Å². The largest absolute Gasteiger partial charge is 0.506 e. The first-order valence-corrected chi connectivity index (χ1v) is 6.19. The molecule has 1 aliphatic rings. The van der Waals surface area contributed by atoms with Crippen LogP contribution in [0.1, 0.15) is 26.7 Å². The van der Waals surface area contributed by atoms with E-state index >= 15 is 0 Å². The number of guanidine groups is 1. The SMILES string of the molecule is CC(=O)N(O)C(C)C1C[C@@H](N=C(N)N)CC1OC(=O)O. The number of rotatable bonds is 4. The Bertz CT molecular complexity index is 410. The van der Waals surface area contributed by atoms with Crippen molar-refractivity contribution in [2.45, 2.75) is 44.9 Å². The van der Waals surface area contributed by atoms with Crippen LogP contribution in [0, 0.1) is 5.92 Å². The number of carbonyl (C=O) groups is 2. The van der Waals surface area contributed by atoms with Crippen molar-refractivity contribution in [2.75, 3.05) is 0 Å². The second kappa shape index (κ2) is 6.42. The lowest BCUT2D eigenvalue weighted by Gasteiger charge is -2.29. The first-order valence-electron chi connectivity index (χ1n) is 6.19. The van der Waals surface area contributed by atoms with Gasteiger partial charge in [-0.25, -0.2) is 9.86 Å². The van der Waals surface area contributed by atoms with Gasteiger partial charge in [0.1, 0.15) is 6.10 Å². The zero-order chi connectivity index (χ0) is 15.4. The summed E-state index contributed by atoms with van der Waals surface area (Å²) in [4.78, 5) is 25.9. The summed E-state index contributed by atoms with van der Waals surface area (Å²) in [7, 11) is 0. The van der Waals surface area contributed by atoms with E-state index in [-0.39, 0.29) is 17.9 Å². The maximum Gasteiger partial charge on any atom is 0.506 e. The average molecular weight is 288 g/mol. The van der Waals surface area contributed by atoms with Crippen molar-refractivity contribution in [3.8, 4) is 0 Å². The molecule has 0 radical (unpaired) electrons. The molecule has 20 heavy (non-hydrogen) atoms. The molecule has 0 spiro atoms. The molecule has 1 rings (SSSR count). The van der Waals surface area contributed by atoms with Crippen molar-refractivity contribution in [2.24, 2.45) is 22.4 Å². The molecule has 0 heterocycles. The summed E-state index contributed by atoms with van der Waals surface area (Å²) in [5.41, 5.74) is 10.6. The molecular weight excluding hydrogens is 268 g/mol. The van der Waals surface area contributed by atoms with Gasteiger partial charge >= 0.3 is 6.16 Å². The minimum Gasteiger partial charge on any atom is -0.450 e. The highest BCUT2D eigenvalue weighted by Gasteiger charge is 2.42. The van der Waals surface area contributed by atoms with E-state index in [1.165, 1.54) is 6.92 Å². The van der Waals surface area contributed by atoms with Crippen molar-refractivity contribution in [1.82, 2.24) is 5.06 Å². The Labute approximate surface area is 116 Å². The molecule has 3 unspecified atom stereocenters. The maximum atomic E-state index is 11.2. The number of nitrogens with zero attached hydrogens (tertiary/aromatic N) is 2. The monoisotopic (exact) mass is 288 g/mol. The van der Waals surface area contributed by atoms with Crippen molar-refractivity contribution < 1.29 is 24.6 Å². The molecule has 0 aromatic carbocycles. The second-order valence-electron chi connectivity index (χ2n) is 4.87. The van der Waals surface area contributed by atoms with E-state index in [9.17, 15) is 14.8 Å². The van der Waals surface area contributed by atoms with E-state index < -0.39 is 24.2 Å². The summed E-state index contributed by atoms with van der Waals surface area (Å²) in [6.07, 6.45) is -1.36. The summed E-state index contributed by atoms with van der Waals surface area (Å²) in [6.45, 7) is 2.83. The number of hydrogen-bond acceptors (Lipinski definition) is 5. The quantitative estimate of drug-likeness (QED) is 0.183. The maximum absolute atomic E-state index is 11.2. The summed E-state index contributed by atoms with van der Waals surface area (Å²) >= 11 is 0. The zero-order valence-electron chi connectivity index (χ0n) is 11.4. The number of carbonyl (C=O) groups excluding carboxylic acids is 1. The first kappa shape index (κ1) is 16.0. The van der Waals surface area contributed by atoms with Gasteiger partial charge in [0, 0.05) is 19.3 Å². The lowest BCUT2D eigenvalue weighted by molar-refractivity contribution is -0.179. The van der Waals surface area contributed by atoms with Gasteiger partial charge in [0.2, 0.25) is 5.91 Å². The predicted octanol–water partition coefficient (Wildman–Crippen LogP) is -0.272. The topological polar surface area (TPSA) is 151 Å². The van der Waals surface area contributed by atoms with Crippen LogP contribution in [-0.2, 0) is 9.53 Å². The minimum absolute atomic E-state index is 0.0928. The van der Waals surface area contributed by atoms with Gasteiger partial charge in [-0.05, 0) is 13.3 Å². The van der Waals surface area contributed by atoms with E-state index in [4.69, 9.17) is 21.3 Å². The molecule has 1 saturated carbocycles. The van der Waals surface area contributed by atoms with Gasteiger partial charge in [0.25, 0.3) is 0 Å². The molecule has 1 amide bonds. The molecule has 1 aliphatic carbocycles. The Hall–Kier alpha value is -2.03. The highest BCUT2D eigenvalue weighted by Crippen LogP contribution is 2.34. The van der Waals surface area contributed by atoms with E-state index in [1.807, 2.05) is 0 Å². The number of ether oxygens (including phenoxy) is 1. The highest BCUT2D eigenvalue weighted by atomic mass is 16.7. The Morgan fingerprint density at radius 3 is 2.45 bits per heavy atom. The van der Waals surface area contributed by atoms with Crippen molar-refractivity contribution in [3.63, 3.8) is 0 Å². The van der Waals surface area contributed by atoms with Crippen LogP contribution in [0.25, 0.3) is 0 Å². The third-order valence-corrected chi connectivity index (χ3v) is 3.44. The van der Waals surface area contributed by atoms with Crippen LogP contribution < -0.4 is 11.5 Å². The number of hydroxylamine groups is 2. The van der Waals surface area contributed by atoms with Crippen LogP contribution >= 0.6 is 0 Å². The Morgan fingerprint density at radius 2 is 2.00 bits per heavy atom. The third kappa shape index (κ3) is 3.98. The molecule has 4 atom stereocenters. The summed E-state index contributed by atoms with van der Waals surface area (Å²) in [5, 5.41) is 19.0. The van der Waals surface area contributed by atoms with Gasteiger partial charge in [0.05, 0.1) is 12.1 Å². The fourth-order valence-corrected chi connectivity index (χ4v) is 2.56. The summed E-state index contributed by atoms with van der Waals surface area (Å²) in [6, 6.07) is -0.895. The predicted molar refractivity (Wildman–Crippen MR) is 69.0 cm³/mol. The van der Waals surface area contributed by atoms with Crippen LogP contribution in [0.5, 0.6) is 0 Å². The molecule has 9 nitrogen and oxygen atoms in total. The van der Waals surface area contributed by atoms with E-state index in [0.29, 0.717) is 17.9 Å². The smallest absolute Gasteiger partial charge is 0.450 e. The molecule has 114 valence electrons. The minimum atomic E-state index is -1.41. The summed E-state index contributed by atoms with van der Waals surface area (Å²) < 4.78 is 4.80. The highest BCUT2D eigenvalue weighted by molar-refractivity contribution is 5.76. The van der Waals surface area contributed by atoms with Gasteiger partial charge in [-0.1, -0.05) is 0 Å². The van der Waals surface area contributed by atoms with Crippen LogP contribution in [-0.4, -0.2) is 51.6 Å². The Morgan fingerprint density at radius 1 is 1.40 bits per heavy atom. The van der Waals surface area contributed by atoms with Crippen LogP contribution in [0.2, 0.25) is 0 Å². The number of aliphatic imine (C=N–C) groups is 1. The second-order valence-corrected chi connectivity index (χ2v) is 4.87. The Balaban J connectivity index is 2.86. The molecule has 0 saturated heterocycles. The first-order chi connectivity index (χ1) is 9.22. The molecule has 0 aromatic rings. The number of amides is 1. The molecule has 0 aliphatic heterocycles. The number of nitrogens with two attached hydrogens (primary N) is 2. The molecule has 9 heteroatoms. The molecule has 1 fully saturated rings. The zero-order valence-corrected chi connectivity index (χ0v) is 11.4. The van der Waals surface area contributed by atoms with Crippen molar-refractivity contribution in [1.29, 1.82) is 0 Å². The lowest BCUT2D eigenvalue weighted by Crippen LogP contribution is -2.42. The standard InChI is InChI=1S/C11H20N4O5/c1-5(15(19)6(2)16)8-3-7(14-10(12)13)4-9(8)20-11(17)18/h5,7-9,19H,3-4H2,1-2H3,(H,17,18)(H4,12,13,14)/t5?,7-,8?,9?/m1/s1. The normalized spacial score (nSPS) is 26.6. The summed E-state index contributed by atoms with van der Waals surface area (Å²) in [5.74, 6) is -1.00. The molecular formula is C11H20N4O5. The third-order valence-electron chi connectivity index (χ3n) is 3.44. The van der Waals surface area contributed by atoms with Gasteiger partial charge in [-0.2, -0.15) is 0 Å². The van der Waals surface area contributed by atoms with E-state index in [2.05, 4.69) is 4.99 Å². The van der Waals surface area contributed by atoms with Crippen LogP contribution in [0.4, 0.5) is 4.79 Å². The number of hydrogen-bond donors (Lipinski definition) is 4. The fourth-order valence-electron chi connectivity index (χ4n) is 2.56. The lowest BCUT2D eigenvalue weighted by atomic mass is 9.97. The van der Waals surface area contributed by atoms with Gasteiger partial charge < -0.3 is 21.3 Å². The average Bonchev–Trinajstić information content (AvgIpc) is 2.67. The van der Waals surface area contributed by atoms with Crippen molar-refractivity contribution >= 4 is 18.0 Å². The fraction of sp³-hybridized carbons (Fsp3) is 0.727. The molecule has 0 aromatic heterocycles. The van der Waals surface area contributed by atoms with Crippen LogP contribution in [0.3, 0.4) is 0 Å². The van der Waals surface area contributed by atoms with E-state index in [1.54, 1.807) is 6.92 Å².